The van der Waals surface area contributed by atoms with Crippen LogP contribution in [-0.2, 0) is 15.0 Å². The van der Waals surface area contributed by atoms with Crippen molar-refractivity contribution >= 4 is 16.3 Å². The van der Waals surface area contributed by atoms with Gasteiger partial charge in [-0.25, -0.2) is 4.79 Å². The number of halogens is 1. The van der Waals surface area contributed by atoms with E-state index in [0.717, 1.165) is 12.8 Å². The van der Waals surface area contributed by atoms with Gasteiger partial charge in [0.1, 0.15) is 5.60 Å². The van der Waals surface area contributed by atoms with E-state index in [-0.39, 0.29) is 6.09 Å². The lowest BCUT2D eigenvalue weighted by Crippen LogP contribution is -2.41. The molecule has 1 rings (SSSR count). The lowest BCUT2D eigenvalue weighted by Gasteiger charge is -2.33. The van der Waals surface area contributed by atoms with Crippen LogP contribution >= 0.6 is 0 Å². The summed E-state index contributed by atoms with van der Waals surface area (Å²) in [4.78, 5) is 13.5. The normalized spacial score (nSPS) is 18.1. The summed E-state index contributed by atoms with van der Waals surface area (Å²) in [6.07, 6.45) is 2.35. The smallest absolute Gasteiger partial charge is 0.410 e. The second-order valence-corrected chi connectivity index (χ2v) is 7.78. The number of carbonyl (C=O) groups excluding carboxylic acids is 1. The molecule has 0 bridgehead atoms. The maximum Gasteiger partial charge on any atom is 0.410 e. The van der Waals surface area contributed by atoms with Gasteiger partial charge >= 0.3 is 16.3 Å². The van der Waals surface area contributed by atoms with Crippen LogP contribution in [-0.4, -0.2) is 43.9 Å². The number of amides is 1. The van der Waals surface area contributed by atoms with Crippen LogP contribution in [0.1, 0.15) is 46.5 Å². The number of rotatable bonds is 4. The second-order valence-electron chi connectivity index (χ2n) is 6.30. The maximum atomic E-state index is 12.4. The lowest BCUT2D eigenvalue weighted by molar-refractivity contribution is 0.0181. The van der Waals surface area contributed by atoms with Gasteiger partial charge in [-0.3, -0.25) is 0 Å². The molecule has 0 N–H and O–H groups in total. The summed E-state index contributed by atoms with van der Waals surface area (Å²) in [5, 5.41) is 0. The molecule has 1 saturated heterocycles. The molecule has 0 radical (unpaired) electrons. The lowest BCUT2D eigenvalue weighted by atomic mass is 9.93. The molecule has 0 unspecified atom stereocenters. The first-order valence-corrected chi connectivity index (χ1v) is 8.52. The number of hydrogen-bond donors (Lipinski definition) is 0. The molecule has 0 atom stereocenters. The van der Waals surface area contributed by atoms with Crippen LogP contribution in [0.5, 0.6) is 0 Å². The third kappa shape index (κ3) is 7.07. The minimum atomic E-state index is -4.35. The predicted molar refractivity (Wildman–Crippen MR) is 74.7 cm³/mol. The standard InChI is InChI=1S/C13H24FNO4S/c1-13(2,3)19-12(16)15-8-6-11(7-9-15)5-4-10-20(14,17)18/h11H,4-10H2,1-3H3. The van der Waals surface area contributed by atoms with Gasteiger partial charge in [0, 0.05) is 13.1 Å². The van der Waals surface area contributed by atoms with Gasteiger partial charge < -0.3 is 9.64 Å². The van der Waals surface area contributed by atoms with Crippen molar-refractivity contribution in [1.29, 1.82) is 0 Å². The molecule has 0 aromatic rings. The van der Waals surface area contributed by atoms with Gasteiger partial charge in [-0.05, 0) is 52.4 Å². The van der Waals surface area contributed by atoms with Gasteiger partial charge in [0.25, 0.3) is 0 Å². The first-order chi connectivity index (χ1) is 9.07. The van der Waals surface area contributed by atoms with Gasteiger partial charge in [-0.1, -0.05) is 0 Å². The molecule has 1 heterocycles. The number of carbonyl (C=O) groups is 1. The summed E-state index contributed by atoms with van der Waals surface area (Å²) in [5.41, 5.74) is -0.497. The summed E-state index contributed by atoms with van der Waals surface area (Å²) in [6.45, 7) is 6.71. The average Bonchev–Trinajstić information content (AvgIpc) is 2.25. The Hall–Kier alpha value is -0.850. The summed E-state index contributed by atoms with van der Waals surface area (Å²) in [6, 6.07) is 0. The van der Waals surface area contributed by atoms with Gasteiger partial charge in [0.2, 0.25) is 0 Å². The first-order valence-electron chi connectivity index (χ1n) is 6.97. The van der Waals surface area contributed by atoms with Gasteiger partial charge in [-0.15, -0.1) is 3.89 Å². The molecular formula is C13H24FNO4S. The number of likely N-dealkylation sites (tertiary alicyclic amines) is 1. The van der Waals surface area contributed by atoms with E-state index in [4.69, 9.17) is 4.74 Å². The van der Waals surface area contributed by atoms with Crippen molar-refractivity contribution in [2.45, 2.75) is 52.1 Å². The van der Waals surface area contributed by atoms with Crippen LogP contribution in [0, 0.1) is 5.92 Å². The SMILES string of the molecule is CC(C)(C)OC(=O)N1CCC(CCCS(=O)(=O)F)CC1. The van der Waals surface area contributed by atoms with E-state index in [0.29, 0.717) is 31.8 Å². The minimum absolute atomic E-state index is 0.303. The van der Waals surface area contributed by atoms with E-state index in [1.165, 1.54) is 0 Å². The molecule has 7 heteroatoms. The molecule has 118 valence electrons. The third-order valence-corrected chi connectivity index (χ3v) is 4.04. The molecule has 0 aromatic heterocycles. The summed E-state index contributed by atoms with van der Waals surface area (Å²) in [5.74, 6) is -0.0466. The monoisotopic (exact) mass is 309 g/mol. The zero-order chi connectivity index (χ0) is 15.4. The highest BCUT2D eigenvalue weighted by Gasteiger charge is 2.26. The highest BCUT2D eigenvalue weighted by atomic mass is 32.3. The second kappa shape index (κ2) is 6.74. The maximum absolute atomic E-state index is 12.4. The molecule has 1 aliphatic rings. The fraction of sp³-hybridized carbons (Fsp3) is 0.923. The number of piperidine rings is 1. The predicted octanol–water partition coefficient (Wildman–Crippen LogP) is 2.71. The Morgan fingerprint density at radius 3 is 2.30 bits per heavy atom. The van der Waals surface area contributed by atoms with Crippen LogP contribution in [0.2, 0.25) is 0 Å². The van der Waals surface area contributed by atoms with E-state index in [1.54, 1.807) is 4.90 Å². The molecule has 1 amide bonds. The van der Waals surface area contributed by atoms with Crippen LogP contribution < -0.4 is 0 Å². The van der Waals surface area contributed by atoms with E-state index >= 15 is 0 Å². The summed E-state index contributed by atoms with van der Waals surface area (Å²) >= 11 is 0. The third-order valence-electron chi connectivity index (χ3n) is 3.27. The minimum Gasteiger partial charge on any atom is -0.444 e. The topological polar surface area (TPSA) is 63.7 Å². The van der Waals surface area contributed by atoms with Crippen molar-refractivity contribution in [3.8, 4) is 0 Å². The Morgan fingerprint density at radius 2 is 1.85 bits per heavy atom. The molecule has 0 aliphatic carbocycles. The highest BCUT2D eigenvalue weighted by molar-refractivity contribution is 7.86. The van der Waals surface area contributed by atoms with Crippen LogP contribution in [0.4, 0.5) is 8.68 Å². The van der Waals surface area contributed by atoms with E-state index in [2.05, 4.69) is 0 Å². The van der Waals surface area contributed by atoms with E-state index in [1.807, 2.05) is 20.8 Å². The van der Waals surface area contributed by atoms with Crippen molar-refractivity contribution < 1.29 is 21.8 Å². The molecule has 0 saturated carbocycles. The molecule has 1 aliphatic heterocycles. The molecular weight excluding hydrogens is 285 g/mol. The fourth-order valence-electron chi connectivity index (χ4n) is 2.28. The highest BCUT2D eigenvalue weighted by Crippen LogP contribution is 2.23. The van der Waals surface area contributed by atoms with Crippen molar-refractivity contribution in [3.63, 3.8) is 0 Å². The van der Waals surface area contributed by atoms with Crippen LogP contribution in [0.3, 0.4) is 0 Å². The Balaban J connectivity index is 2.28. The Bertz CT molecular complexity index is 422. The zero-order valence-electron chi connectivity index (χ0n) is 12.4. The number of hydrogen-bond acceptors (Lipinski definition) is 4. The van der Waals surface area contributed by atoms with Crippen LogP contribution in [0.25, 0.3) is 0 Å². The van der Waals surface area contributed by atoms with Crippen molar-refractivity contribution in [3.05, 3.63) is 0 Å². The number of ether oxygens (including phenoxy) is 1. The zero-order valence-corrected chi connectivity index (χ0v) is 13.2. The van der Waals surface area contributed by atoms with Gasteiger partial charge in [0.05, 0.1) is 5.75 Å². The molecule has 1 fully saturated rings. The van der Waals surface area contributed by atoms with Crippen LogP contribution in [0.15, 0.2) is 0 Å². The van der Waals surface area contributed by atoms with Crippen molar-refractivity contribution in [2.24, 2.45) is 5.92 Å². The molecule has 20 heavy (non-hydrogen) atoms. The first kappa shape index (κ1) is 17.2. The van der Waals surface area contributed by atoms with Gasteiger partial charge in [-0.2, -0.15) is 8.42 Å². The molecule has 0 aromatic carbocycles. The van der Waals surface area contributed by atoms with Crippen molar-refractivity contribution in [2.75, 3.05) is 18.8 Å². The van der Waals surface area contributed by atoms with E-state index in [9.17, 15) is 17.1 Å². The Morgan fingerprint density at radius 1 is 1.30 bits per heavy atom. The fourth-order valence-corrected chi connectivity index (χ4v) is 2.79. The summed E-state index contributed by atoms with van der Waals surface area (Å²) < 4.78 is 38.5. The number of nitrogens with zero attached hydrogens (tertiary/aromatic N) is 1. The summed E-state index contributed by atoms with van der Waals surface area (Å²) in [7, 11) is -4.35. The van der Waals surface area contributed by atoms with Crippen molar-refractivity contribution in [1.82, 2.24) is 4.90 Å². The Kier molecular flexibility index (Phi) is 5.79. The Labute approximate surface area is 120 Å². The van der Waals surface area contributed by atoms with E-state index < -0.39 is 21.6 Å². The average molecular weight is 309 g/mol. The molecule has 0 spiro atoms. The molecule has 5 nitrogen and oxygen atoms in total. The quantitative estimate of drug-likeness (QED) is 0.749. The largest absolute Gasteiger partial charge is 0.444 e. The van der Waals surface area contributed by atoms with Gasteiger partial charge in [0.15, 0.2) is 0 Å².